The first kappa shape index (κ1) is 20.4. The van der Waals surface area contributed by atoms with Crippen LogP contribution in [-0.4, -0.2) is 35.4 Å². The van der Waals surface area contributed by atoms with Gasteiger partial charge in [-0.25, -0.2) is 4.98 Å². The Morgan fingerprint density at radius 2 is 2.00 bits per heavy atom. The summed E-state index contributed by atoms with van der Waals surface area (Å²) in [6.45, 7) is 10.6. The van der Waals surface area contributed by atoms with Crippen molar-refractivity contribution in [1.29, 1.82) is 0 Å². The highest BCUT2D eigenvalue weighted by Crippen LogP contribution is 2.23. The summed E-state index contributed by atoms with van der Waals surface area (Å²) in [5.41, 5.74) is 2.42. The van der Waals surface area contributed by atoms with Gasteiger partial charge in [-0.1, -0.05) is 44.4 Å². The standard InChI is InChI=1S/C21H31N3OS/c1-4-12-18-15-17(3)22-13-10-8-6-7-9-11-14-24(5-2)21(25)19-16-26-20(18)23-19/h4,12,15-16,22H,3,5-11,13-14H2,1-2H3/b12-4-,18-15+. The van der Waals surface area contributed by atoms with E-state index in [1.54, 1.807) is 0 Å². The second kappa shape index (κ2) is 11.0. The minimum Gasteiger partial charge on any atom is -0.386 e. The van der Waals surface area contributed by atoms with Crippen LogP contribution in [-0.2, 0) is 0 Å². The molecule has 5 heteroatoms. The summed E-state index contributed by atoms with van der Waals surface area (Å²) in [4.78, 5) is 19.3. The van der Waals surface area contributed by atoms with Crippen LogP contribution in [0.4, 0.5) is 0 Å². The Morgan fingerprint density at radius 3 is 2.73 bits per heavy atom. The zero-order chi connectivity index (χ0) is 18.8. The maximum Gasteiger partial charge on any atom is 0.273 e. The third-order valence-electron chi connectivity index (χ3n) is 4.52. The van der Waals surface area contributed by atoms with Gasteiger partial charge in [-0.2, -0.15) is 0 Å². The number of hydrogen-bond acceptors (Lipinski definition) is 4. The van der Waals surface area contributed by atoms with E-state index in [1.807, 2.05) is 42.4 Å². The second-order valence-electron chi connectivity index (χ2n) is 6.60. The van der Waals surface area contributed by atoms with Crippen molar-refractivity contribution >= 4 is 22.8 Å². The van der Waals surface area contributed by atoms with E-state index in [-0.39, 0.29) is 5.91 Å². The predicted octanol–water partition coefficient (Wildman–Crippen LogP) is 5.02. The summed E-state index contributed by atoms with van der Waals surface area (Å²) in [5.74, 6) is 0.0381. The fourth-order valence-corrected chi connectivity index (χ4v) is 3.84. The molecule has 0 fully saturated rings. The second-order valence-corrected chi connectivity index (χ2v) is 7.45. The molecule has 2 bridgehead atoms. The number of hydrogen-bond donors (Lipinski definition) is 1. The SMILES string of the molecule is C=C1/C=C(\C=C/C)c2nc(cs2)C(=O)N(CC)CCCCCCCCN1. The molecule has 0 aromatic carbocycles. The van der Waals surface area contributed by atoms with E-state index in [0.29, 0.717) is 5.69 Å². The average molecular weight is 374 g/mol. The smallest absolute Gasteiger partial charge is 0.273 e. The Labute approximate surface area is 161 Å². The lowest BCUT2D eigenvalue weighted by Crippen LogP contribution is -2.32. The number of thiazole rings is 1. The Hall–Kier alpha value is -1.88. The normalized spacial score (nSPS) is 20.5. The monoisotopic (exact) mass is 373 g/mol. The molecule has 4 nitrogen and oxygen atoms in total. The van der Waals surface area contributed by atoms with Gasteiger partial charge in [-0.15, -0.1) is 11.3 Å². The van der Waals surface area contributed by atoms with Gasteiger partial charge in [0.1, 0.15) is 10.7 Å². The van der Waals surface area contributed by atoms with E-state index < -0.39 is 0 Å². The molecule has 2 heterocycles. The maximum atomic E-state index is 12.8. The lowest BCUT2D eigenvalue weighted by molar-refractivity contribution is 0.0756. The van der Waals surface area contributed by atoms with Crippen LogP contribution in [0.15, 0.2) is 35.9 Å². The number of nitrogens with zero attached hydrogens (tertiary/aromatic N) is 2. The van der Waals surface area contributed by atoms with Crippen molar-refractivity contribution < 1.29 is 4.79 Å². The van der Waals surface area contributed by atoms with Crippen LogP contribution >= 0.6 is 11.3 Å². The first-order chi connectivity index (χ1) is 12.7. The number of allylic oxidation sites excluding steroid dienone is 4. The zero-order valence-electron chi connectivity index (χ0n) is 16.1. The molecule has 1 amide bonds. The summed E-state index contributed by atoms with van der Waals surface area (Å²) >= 11 is 1.51. The van der Waals surface area contributed by atoms with Crippen LogP contribution in [0.25, 0.3) is 5.57 Å². The molecule has 142 valence electrons. The van der Waals surface area contributed by atoms with Crippen molar-refractivity contribution in [2.75, 3.05) is 19.6 Å². The van der Waals surface area contributed by atoms with Gasteiger partial charge in [0.25, 0.3) is 5.91 Å². The van der Waals surface area contributed by atoms with Crippen LogP contribution in [0, 0.1) is 0 Å². The highest BCUT2D eigenvalue weighted by atomic mass is 32.1. The molecule has 1 aromatic heterocycles. The molecule has 0 aliphatic carbocycles. The van der Waals surface area contributed by atoms with Crippen molar-refractivity contribution in [3.8, 4) is 0 Å². The fourth-order valence-electron chi connectivity index (χ4n) is 3.05. The Morgan fingerprint density at radius 1 is 1.27 bits per heavy atom. The molecule has 1 aliphatic rings. The molecule has 2 rings (SSSR count). The van der Waals surface area contributed by atoms with Crippen molar-refractivity contribution in [3.05, 3.63) is 46.6 Å². The Balaban J connectivity index is 2.25. The number of amides is 1. The van der Waals surface area contributed by atoms with Crippen molar-refractivity contribution in [2.24, 2.45) is 0 Å². The molecule has 0 saturated carbocycles. The molecular weight excluding hydrogens is 342 g/mol. The largest absolute Gasteiger partial charge is 0.386 e. The Bertz CT molecular complexity index is 660. The number of carbonyl (C=O) groups excluding carboxylic acids is 1. The third kappa shape index (κ3) is 6.13. The summed E-state index contributed by atoms with van der Waals surface area (Å²) in [6.07, 6.45) is 13.2. The molecule has 0 unspecified atom stereocenters. The molecule has 0 saturated heterocycles. The lowest BCUT2D eigenvalue weighted by Gasteiger charge is -2.19. The molecule has 1 aromatic rings. The van der Waals surface area contributed by atoms with Crippen LogP contribution < -0.4 is 5.32 Å². The van der Waals surface area contributed by atoms with E-state index in [1.165, 1.54) is 37.0 Å². The number of aromatic nitrogens is 1. The van der Waals surface area contributed by atoms with Crippen molar-refractivity contribution in [3.63, 3.8) is 0 Å². The molecule has 0 spiro atoms. The van der Waals surface area contributed by atoms with Gasteiger partial charge in [-0.3, -0.25) is 4.79 Å². The topological polar surface area (TPSA) is 45.2 Å². The van der Waals surface area contributed by atoms with Gasteiger partial charge >= 0.3 is 0 Å². The quantitative estimate of drug-likeness (QED) is 0.791. The summed E-state index contributed by atoms with van der Waals surface area (Å²) < 4.78 is 0. The molecular formula is C21H31N3OS. The first-order valence-corrected chi connectivity index (χ1v) is 10.6. The van der Waals surface area contributed by atoms with Gasteiger partial charge in [0.2, 0.25) is 0 Å². The number of rotatable bonds is 2. The first-order valence-electron chi connectivity index (χ1n) is 9.68. The summed E-state index contributed by atoms with van der Waals surface area (Å²) in [7, 11) is 0. The highest BCUT2D eigenvalue weighted by molar-refractivity contribution is 7.11. The van der Waals surface area contributed by atoms with E-state index in [2.05, 4.69) is 16.9 Å². The third-order valence-corrected chi connectivity index (χ3v) is 5.41. The van der Waals surface area contributed by atoms with Crippen molar-refractivity contribution in [1.82, 2.24) is 15.2 Å². The van der Waals surface area contributed by atoms with E-state index in [0.717, 1.165) is 48.8 Å². The van der Waals surface area contributed by atoms with Crippen LogP contribution in [0.2, 0.25) is 0 Å². The lowest BCUT2D eigenvalue weighted by atomic mass is 10.1. The molecule has 0 atom stereocenters. The summed E-state index contributed by atoms with van der Waals surface area (Å²) in [6, 6.07) is 0. The van der Waals surface area contributed by atoms with E-state index in [4.69, 9.17) is 0 Å². The van der Waals surface area contributed by atoms with E-state index in [9.17, 15) is 4.79 Å². The minimum absolute atomic E-state index is 0.0381. The van der Waals surface area contributed by atoms with Gasteiger partial charge in [0.15, 0.2) is 0 Å². The fraction of sp³-hybridized carbons (Fsp3) is 0.524. The zero-order valence-corrected chi connectivity index (χ0v) is 16.9. The average Bonchev–Trinajstić information content (AvgIpc) is 3.12. The predicted molar refractivity (Wildman–Crippen MR) is 111 cm³/mol. The van der Waals surface area contributed by atoms with E-state index >= 15 is 0 Å². The molecule has 1 N–H and O–H groups in total. The van der Waals surface area contributed by atoms with Crippen LogP contribution in [0.3, 0.4) is 0 Å². The van der Waals surface area contributed by atoms with Gasteiger partial charge in [0.05, 0.1) is 0 Å². The van der Waals surface area contributed by atoms with Gasteiger partial charge in [-0.05, 0) is 32.8 Å². The minimum atomic E-state index is 0.0381. The number of fused-ring (bicyclic) bond motifs is 2. The Kier molecular flexibility index (Phi) is 8.62. The molecule has 0 radical (unpaired) electrons. The van der Waals surface area contributed by atoms with Crippen molar-refractivity contribution in [2.45, 2.75) is 52.4 Å². The highest BCUT2D eigenvalue weighted by Gasteiger charge is 2.18. The van der Waals surface area contributed by atoms with Crippen LogP contribution in [0.1, 0.15) is 67.9 Å². The van der Waals surface area contributed by atoms with Crippen LogP contribution in [0.5, 0.6) is 0 Å². The number of carbonyl (C=O) groups is 1. The maximum absolute atomic E-state index is 12.8. The van der Waals surface area contributed by atoms with Gasteiger partial charge in [0, 0.05) is 36.3 Å². The molecule has 1 aliphatic heterocycles. The van der Waals surface area contributed by atoms with Gasteiger partial charge < -0.3 is 10.2 Å². The molecule has 26 heavy (non-hydrogen) atoms. The summed E-state index contributed by atoms with van der Waals surface area (Å²) in [5, 5.41) is 6.12. The number of nitrogens with one attached hydrogen (secondary N) is 1.